The molecule has 172 valence electrons. The fourth-order valence-electron chi connectivity index (χ4n) is 4.59. The van der Waals surface area contributed by atoms with E-state index in [1.807, 2.05) is 18.2 Å². The second-order valence-corrected chi connectivity index (χ2v) is 12.2. The number of amides is 1. The van der Waals surface area contributed by atoms with Crippen LogP contribution in [0.15, 0.2) is 42.5 Å². The molecule has 1 aromatic heterocycles. The second-order valence-electron chi connectivity index (χ2n) is 9.76. The number of carbonyl (C=O) groups excluding carboxylic acids is 1. The van der Waals surface area contributed by atoms with Gasteiger partial charge in [0.1, 0.15) is 0 Å². The van der Waals surface area contributed by atoms with Crippen molar-refractivity contribution in [1.82, 2.24) is 9.29 Å². The molecule has 0 bridgehead atoms. The summed E-state index contributed by atoms with van der Waals surface area (Å²) in [5.74, 6) is -0.0845. The van der Waals surface area contributed by atoms with Gasteiger partial charge in [0.2, 0.25) is 15.9 Å². The number of anilines is 1. The minimum Gasteiger partial charge on any atom is -0.341 e. The quantitative estimate of drug-likeness (QED) is 0.566. The Labute approximate surface area is 190 Å². The Morgan fingerprint density at radius 2 is 1.66 bits per heavy atom. The van der Waals surface area contributed by atoms with Gasteiger partial charge in [-0.1, -0.05) is 18.2 Å². The van der Waals surface area contributed by atoms with Gasteiger partial charge in [-0.15, -0.1) is 0 Å². The van der Waals surface area contributed by atoms with Crippen LogP contribution >= 0.6 is 0 Å². The number of hydrogen-bond donors (Lipinski definition) is 2. The fourth-order valence-corrected chi connectivity index (χ4v) is 5.61. The van der Waals surface area contributed by atoms with Crippen LogP contribution < -0.4 is 10.0 Å². The third kappa shape index (κ3) is 4.28. The summed E-state index contributed by atoms with van der Waals surface area (Å²) in [6.45, 7) is 8.12. The van der Waals surface area contributed by atoms with Gasteiger partial charge < -0.3 is 9.88 Å². The first kappa shape index (κ1) is 22.8. The second kappa shape index (κ2) is 8.52. The molecule has 1 aliphatic carbocycles. The summed E-state index contributed by atoms with van der Waals surface area (Å²) < 4.78 is 29.1. The minimum absolute atomic E-state index is 0.0145. The Hall–Kier alpha value is -2.38. The van der Waals surface area contributed by atoms with Crippen LogP contribution in [0.4, 0.5) is 5.69 Å². The predicted molar refractivity (Wildman–Crippen MR) is 131 cm³/mol. The van der Waals surface area contributed by atoms with Crippen LogP contribution in [0.1, 0.15) is 53.4 Å². The van der Waals surface area contributed by atoms with E-state index in [0.717, 1.165) is 17.6 Å². The summed E-state index contributed by atoms with van der Waals surface area (Å²) >= 11 is 0. The lowest BCUT2D eigenvalue weighted by Crippen LogP contribution is -2.46. The highest BCUT2D eigenvalue weighted by molar-refractivity contribution is 7.90. The molecule has 1 heterocycles. The van der Waals surface area contributed by atoms with E-state index in [4.69, 9.17) is 0 Å². The van der Waals surface area contributed by atoms with Crippen LogP contribution in [0, 0.1) is 5.92 Å². The number of fused-ring (bicyclic) bond motifs is 3. The third-order valence-corrected chi connectivity index (χ3v) is 8.84. The van der Waals surface area contributed by atoms with E-state index in [0.29, 0.717) is 25.7 Å². The van der Waals surface area contributed by atoms with Gasteiger partial charge in [0.25, 0.3) is 0 Å². The average Bonchev–Trinajstić information content (AvgIpc) is 3.06. The van der Waals surface area contributed by atoms with Crippen LogP contribution in [0.25, 0.3) is 21.8 Å². The van der Waals surface area contributed by atoms with Gasteiger partial charge >= 0.3 is 0 Å². The topological polar surface area (TPSA) is 80.2 Å². The molecule has 2 aromatic carbocycles. The largest absolute Gasteiger partial charge is 0.341 e. The lowest BCUT2D eigenvalue weighted by Gasteiger charge is -2.30. The molecular formula is C25H33N3O3S. The normalized spacial score (nSPS) is 20.0. The summed E-state index contributed by atoms with van der Waals surface area (Å²) in [5.41, 5.74) is 3.17. The molecule has 4 rings (SSSR count). The highest BCUT2D eigenvalue weighted by atomic mass is 32.2. The van der Waals surface area contributed by atoms with Crippen molar-refractivity contribution in [1.29, 1.82) is 0 Å². The molecule has 0 saturated heterocycles. The lowest BCUT2D eigenvalue weighted by atomic mass is 9.86. The number of aromatic nitrogens is 1. The Kier molecular flexibility index (Phi) is 6.07. The van der Waals surface area contributed by atoms with Gasteiger partial charge in [-0.3, -0.25) is 4.79 Å². The summed E-state index contributed by atoms with van der Waals surface area (Å²) in [4.78, 5) is 12.9. The van der Waals surface area contributed by atoms with Crippen LogP contribution in [0.3, 0.4) is 0 Å². The van der Waals surface area contributed by atoms with Crippen molar-refractivity contribution in [3.05, 3.63) is 42.5 Å². The zero-order chi connectivity index (χ0) is 23.1. The van der Waals surface area contributed by atoms with Crippen molar-refractivity contribution in [2.45, 2.75) is 70.7 Å². The van der Waals surface area contributed by atoms with E-state index in [9.17, 15) is 13.2 Å². The van der Waals surface area contributed by atoms with Crippen molar-refractivity contribution in [3.63, 3.8) is 0 Å². The number of rotatable bonds is 5. The van der Waals surface area contributed by atoms with Crippen molar-refractivity contribution in [2.24, 2.45) is 5.92 Å². The monoisotopic (exact) mass is 455 g/mol. The van der Waals surface area contributed by atoms with Crippen molar-refractivity contribution in [2.75, 3.05) is 5.32 Å². The van der Waals surface area contributed by atoms with Gasteiger partial charge in [-0.2, -0.15) is 0 Å². The van der Waals surface area contributed by atoms with E-state index in [1.54, 1.807) is 20.8 Å². The van der Waals surface area contributed by atoms with Gasteiger partial charge in [0.05, 0.1) is 4.75 Å². The van der Waals surface area contributed by atoms with Gasteiger partial charge in [0.15, 0.2) is 0 Å². The Morgan fingerprint density at radius 1 is 1.00 bits per heavy atom. The maximum atomic E-state index is 12.9. The molecule has 1 fully saturated rings. The first-order valence-electron chi connectivity index (χ1n) is 11.4. The standard InChI is InChI=1S/C25H33N3O3S/c1-5-28-22-9-7-6-8-20(22)21-16-19(14-15-23(21)28)26-24(29)17-10-12-18(13-11-17)27-32(30,31)25(2,3)4/h6-9,14-18,27H,5,10-13H2,1-4H3,(H,26,29). The fraction of sp³-hybridized carbons (Fsp3) is 0.480. The summed E-state index contributed by atoms with van der Waals surface area (Å²) in [5, 5.41) is 5.42. The molecule has 0 atom stereocenters. The predicted octanol–water partition coefficient (Wildman–Crippen LogP) is 5.03. The number of benzene rings is 2. The summed E-state index contributed by atoms with van der Waals surface area (Å²) in [6.07, 6.45) is 2.72. The Balaban J connectivity index is 1.44. The summed E-state index contributed by atoms with van der Waals surface area (Å²) in [7, 11) is -3.38. The minimum atomic E-state index is -3.38. The number of nitrogens with zero attached hydrogens (tertiary/aromatic N) is 1. The molecule has 32 heavy (non-hydrogen) atoms. The van der Waals surface area contributed by atoms with Crippen LogP contribution in [-0.4, -0.2) is 29.7 Å². The SMILES string of the molecule is CCn1c2ccccc2c2cc(NC(=O)C3CCC(NS(=O)(=O)C(C)(C)C)CC3)ccc21. The average molecular weight is 456 g/mol. The molecule has 2 N–H and O–H groups in total. The van der Waals surface area contributed by atoms with E-state index >= 15 is 0 Å². The van der Waals surface area contributed by atoms with E-state index < -0.39 is 14.8 Å². The number of aryl methyl sites for hydroxylation is 1. The van der Waals surface area contributed by atoms with Crippen LogP contribution in [0.2, 0.25) is 0 Å². The van der Waals surface area contributed by atoms with Crippen molar-refractivity contribution >= 4 is 43.4 Å². The Bertz CT molecular complexity index is 1250. The number of nitrogens with one attached hydrogen (secondary N) is 2. The maximum Gasteiger partial charge on any atom is 0.227 e. The van der Waals surface area contributed by atoms with Gasteiger partial charge in [0, 0.05) is 46.0 Å². The molecule has 6 nitrogen and oxygen atoms in total. The molecular weight excluding hydrogens is 422 g/mol. The molecule has 1 aliphatic rings. The third-order valence-electron chi connectivity index (χ3n) is 6.58. The van der Waals surface area contributed by atoms with Crippen LogP contribution in [0.5, 0.6) is 0 Å². The highest BCUT2D eigenvalue weighted by Crippen LogP contribution is 2.32. The maximum absolute atomic E-state index is 12.9. The highest BCUT2D eigenvalue weighted by Gasteiger charge is 2.34. The number of sulfonamides is 1. The van der Waals surface area contributed by atoms with Gasteiger partial charge in [-0.25, -0.2) is 13.1 Å². The molecule has 0 radical (unpaired) electrons. The molecule has 0 spiro atoms. The van der Waals surface area contributed by atoms with Crippen molar-refractivity contribution < 1.29 is 13.2 Å². The summed E-state index contributed by atoms with van der Waals surface area (Å²) in [6, 6.07) is 14.3. The van der Waals surface area contributed by atoms with E-state index in [-0.39, 0.29) is 17.9 Å². The Morgan fingerprint density at radius 3 is 2.31 bits per heavy atom. The molecule has 3 aromatic rings. The van der Waals surface area contributed by atoms with Crippen LogP contribution in [-0.2, 0) is 21.4 Å². The van der Waals surface area contributed by atoms with Gasteiger partial charge in [-0.05, 0) is 77.6 Å². The molecule has 0 unspecified atom stereocenters. The zero-order valence-electron chi connectivity index (χ0n) is 19.3. The molecule has 7 heteroatoms. The smallest absolute Gasteiger partial charge is 0.227 e. The first-order valence-corrected chi connectivity index (χ1v) is 12.9. The number of para-hydroxylation sites is 1. The van der Waals surface area contributed by atoms with Crippen molar-refractivity contribution in [3.8, 4) is 0 Å². The zero-order valence-corrected chi connectivity index (χ0v) is 20.1. The molecule has 0 aliphatic heterocycles. The number of carbonyl (C=O) groups is 1. The molecule has 1 amide bonds. The lowest BCUT2D eigenvalue weighted by molar-refractivity contribution is -0.120. The molecule has 1 saturated carbocycles. The van der Waals surface area contributed by atoms with E-state index in [2.05, 4.69) is 45.8 Å². The first-order chi connectivity index (χ1) is 15.1. The van der Waals surface area contributed by atoms with E-state index in [1.165, 1.54) is 16.4 Å². The number of hydrogen-bond acceptors (Lipinski definition) is 3.